The highest BCUT2D eigenvalue weighted by molar-refractivity contribution is 6.58. The average molecular weight is 197 g/mol. The van der Waals surface area contributed by atoms with E-state index in [2.05, 4.69) is 0 Å². The van der Waals surface area contributed by atoms with Crippen LogP contribution in [-0.4, -0.2) is 24.7 Å². The smallest absolute Gasteiger partial charge is 0.337 e. The minimum absolute atomic E-state index is 0.172. The van der Waals surface area contributed by atoms with Gasteiger partial charge < -0.3 is 9.22 Å². The average Bonchev–Trinajstić information content (AvgIpc) is 1.82. The molecule has 0 heterocycles. The molecule has 0 saturated heterocycles. The highest BCUT2D eigenvalue weighted by atomic mass is 35.5. The highest BCUT2D eigenvalue weighted by Gasteiger charge is 2.24. The second kappa shape index (κ2) is 4.45. The van der Waals surface area contributed by atoms with Gasteiger partial charge in [-0.3, -0.25) is 0 Å². The highest BCUT2D eigenvalue weighted by Crippen LogP contribution is 2.13. The van der Waals surface area contributed by atoms with Gasteiger partial charge in [-0.15, -0.1) is 11.6 Å². The number of alkyl halides is 1. The summed E-state index contributed by atoms with van der Waals surface area (Å²) in [6, 6.07) is 0. The van der Waals surface area contributed by atoms with E-state index in [1.54, 1.807) is 0 Å². The van der Waals surface area contributed by atoms with Crippen LogP contribution in [0.25, 0.3) is 0 Å². The Kier molecular flexibility index (Phi) is 4.62. The molecule has 0 aliphatic rings. The van der Waals surface area contributed by atoms with Crippen molar-refractivity contribution in [2.75, 3.05) is 0 Å². The molecule has 4 heteroatoms. The lowest BCUT2D eigenvalue weighted by Gasteiger charge is -2.25. The van der Waals surface area contributed by atoms with Crippen molar-refractivity contribution in [1.82, 2.24) is 0 Å². The predicted molar refractivity (Wildman–Crippen MR) is 50.1 cm³/mol. The quantitative estimate of drug-likeness (QED) is 0.549. The molecule has 68 valence electrons. The third-order valence-electron chi connectivity index (χ3n) is 1.17. The third-order valence-corrected chi connectivity index (χ3v) is 4.17. The summed E-state index contributed by atoms with van der Waals surface area (Å²) in [7, 11) is -2.16. The first-order valence-corrected chi connectivity index (χ1v) is 5.96. The Morgan fingerprint density at radius 3 is 2.27 bits per heavy atom. The fourth-order valence-electron chi connectivity index (χ4n) is 0.638. The van der Waals surface area contributed by atoms with Gasteiger partial charge in [0.15, 0.2) is 0 Å². The normalized spacial score (nSPS) is 18.0. The maximum Gasteiger partial charge on any atom is 0.337 e. The Balaban J connectivity index is 3.77. The molecule has 2 unspecified atom stereocenters. The van der Waals surface area contributed by atoms with Gasteiger partial charge in [-0.1, -0.05) is 6.92 Å². The van der Waals surface area contributed by atoms with E-state index >= 15 is 0 Å². The van der Waals surface area contributed by atoms with Crippen molar-refractivity contribution in [3.63, 3.8) is 0 Å². The summed E-state index contributed by atoms with van der Waals surface area (Å²) in [5, 5.41) is -0.172. The van der Waals surface area contributed by atoms with Crippen LogP contribution in [0.5, 0.6) is 0 Å². The molecular formula is C7H17ClO2Si. The van der Waals surface area contributed by atoms with Gasteiger partial charge in [0.1, 0.15) is 0 Å². The SMILES string of the molecule is CCC(Cl)[SiH](O)OC(C)(C)C. The van der Waals surface area contributed by atoms with Crippen molar-refractivity contribution in [3.05, 3.63) is 0 Å². The monoisotopic (exact) mass is 196 g/mol. The number of halogens is 1. The summed E-state index contributed by atoms with van der Waals surface area (Å²) in [5.74, 6) is 0. The Morgan fingerprint density at radius 2 is 2.00 bits per heavy atom. The molecule has 2 nitrogen and oxygen atoms in total. The van der Waals surface area contributed by atoms with E-state index in [-0.39, 0.29) is 10.6 Å². The minimum atomic E-state index is -2.16. The maximum atomic E-state index is 9.44. The first-order valence-electron chi connectivity index (χ1n) is 3.86. The number of hydrogen-bond acceptors (Lipinski definition) is 2. The molecule has 11 heavy (non-hydrogen) atoms. The summed E-state index contributed by atoms with van der Waals surface area (Å²) >= 11 is 5.81. The fraction of sp³-hybridized carbons (Fsp3) is 1.00. The lowest BCUT2D eigenvalue weighted by molar-refractivity contribution is 0.0996. The van der Waals surface area contributed by atoms with Gasteiger partial charge in [-0.2, -0.15) is 0 Å². The first kappa shape index (κ1) is 11.4. The van der Waals surface area contributed by atoms with Crippen LogP contribution in [0.2, 0.25) is 0 Å². The van der Waals surface area contributed by atoms with Crippen LogP contribution in [0.1, 0.15) is 34.1 Å². The summed E-state index contributed by atoms with van der Waals surface area (Å²) in [5.41, 5.74) is -0.270. The molecule has 0 fully saturated rings. The van der Waals surface area contributed by atoms with Crippen molar-refractivity contribution < 1.29 is 9.22 Å². The van der Waals surface area contributed by atoms with Gasteiger partial charge in [0.2, 0.25) is 0 Å². The molecule has 1 N–H and O–H groups in total. The van der Waals surface area contributed by atoms with E-state index in [4.69, 9.17) is 16.0 Å². The van der Waals surface area contributed by atoms with E-state index in [0.29, 0.717) is 0 Å². The zero-order valence-corrected chi connectivity index (χ0v) is 9.51. The Hall–Kier alpha value is 0.427. The fourth-order valence-corrected chi connectivity index (χ4v) is 2.07. The molecule has 0 aromatic heterocycles. The standard InChI is InChI=1S/C7H17ClO2Si/c1-5-6(8)11(9)10-7(2,3)4/h6,9,11H,5H2,1-4H3. The summed E-state index contributed by atoms with van der Waals surface area (Å²) in [4.78, 5) is 9.44. The van der Waals surface area contributed by atoms with E-state index in [1.807, 2.05) is 27.7 Å². The number of rotatable bonds is 3. The molecule has 0 saturated carbocycles. The van der Waals surface area contributed by atoms with Crippen molar-refractivity contribution in [2.45, 2.75) is 44.7 Å². The van der Waals surface area contributed by atoms with Crippen molar-refractivity contribution >= 4 is 20.9 Å². The van der Waals surface area contributed by atoms with Gasteiger partial charge in [-0.05, 0) is 27.2 Å². The second-order valence-corrected chi connectivity index (χ2v) is 6.35. The van der Waals surface area contributed by atoms with Crippen LogP contribution in [0, 0.1) is 0 Å². The van der Waals surface area contributed by atoms with Crippen molar-refractivity contribution in [3.8, 4) is 0 Å². The minimum Gasteiger partial charge on any atom is -0.412 e. The van der Waals surface area contributed by atoms with Gasteiger partial charge in [0.25, 0.3) is 0 Å². The zero-order valence-electron chi connectivity index (χ0n) is 7.60. The van der Waals surface area contributed by atoms with Crippen LogP contribution in [0.15, 0.2) is 0 Å². The van der Waals surface area contributed by atoms with Crippen molar-refractivity contribution in [1.29, 1.82) is 0 Å². The number of hydrogen-bond donors (Lipinski definition) is 1. The molecule has 0 aliphatic carbocycles. The van der Waals surface area contributed by atoms with Crippen LogP contribution in [0.3, 0.4) is 0 Å². The van der Waals surface area contributed by atoms with Crippen molar-refractivity contribution in [2.24, 2.45) is 0 Å². The van der Waals surface area contributed by atoms with Gasteiger partial charge in [0.05, 0.1) is 5.00 Å². The molecule has 0 amide bonds. The van der Waals surface area contributed by atoms with Crippen LogP contribution >= 0.6 is 11.6 Å². The maximum absolute atomic E-state index is 9.44. The topological polar surface area (TPSA) is 29.5 Å². The van der Waals surface area contributed by atoms with E-state index in [1.165, 1.54) is 0 Å². The molecule has 0 aromatic carbocycles. The Labute approximate surface area is 75.4 Å². The lowest BCUT2D eigenvalue weighted by atomic mass is 10.2. The molecular weight excluding hydrogens is 180 g/mol. The molecule has 0 bridgehead atoms. The molecule has 0 spiro atoms. The molecule has 0 rings (SSSR count). The third kappa shape index (κ3) is 5.67. The van der Waals surface area contributed by atoms with Gasteiger partial charge in [0, 0.05) is 5.60 Å². The summed E-state index contributed by atoms with van der Waals surface area (Å²) in [6.07, 6.45) is 0.769. The van der Waals surface area contributed by atoms with Crippen LogP contribution in [0.4, 0.5) is 0 Å². The van der Waals surface area contributed by atoms with E-state index < -0.39 is 9.28 Å². The zero-order chi connectivity index (χ0) is 9.07. The van der Waals surface area contributed by atoms with E-state index in [9.17, 15) is 4.80 Å². The first-order chi connectivity index (χ1) is 4.87. The molecule has 2 atom stereocenters. The summed E-state index contributed by atoms with van der Waals surface area (Å²) < 4.78 is 5.35. The predicted octanol–water partition coefficient (Wildman–Crippen LogP) is 1.57. The largest absolute Gasteiger partial charge is 0.412 e. The Bertz CT molecular complexity index is 113. The Morgan fingerprint density at radius 1 is 1.55 bits per heavy atom. The second-order valence-electron chi connectivity index (χ2n) is 3.55. The van der Waals surface area contributed by atoms with Crippen LogP contribution in [-0.2, 0) is 4.43 Å². The molecule has 0 aliphatic heterocycles. The molecule has 0 aromatic rings. The van der Waals surface area contributed by atoms with Crippen LogP contribution < -0.4 is 0 Å². The lowest BCUT2D eigenvalue weighted by Crippen LogP contribution is -2.37. The van der Waals surface area contributed by atoms with Gasteiger partial charge in [-0.25, -0.2) is 0 Å². The summed E-state index contributed by atoms with van der Waals surface area (Å²) in [6.45, 7) is 7.70. The molecule has 0 radical (unpaired) electrons. The van der Waals surface area contributed by atoms with Gasteiger partial charge >= 0.3 is 9.28 Å². The van der Waals surface area contributed by atoms with E-state index in [0.717, 1.165) is 6.42 Å².